The molecule has 1 unspecified atom stereocenters. The average molecular weight is 386 g/mol. The van der Waals surface area contributed by atoms with Gasteiger partial charge >= 0.3 is 6.09 Å². The number of halogens is 1. The van der Waals surface area contributed by atoms with Crippen LogP contribution in [-0.2, 0) is 4.74 Å². The molecule has 2 aromatic rings. The number of hydrogen-bond donors (Lipinski definition) is 1. The third kappa shape index (κ3) is 3.69. The molecule has 2 heterocycles. The van der Waals surface area contributed by atoms with Gasteiger partial charge in [-0.3, -0.25) is 5.32 Å². The van der Waals surface area contributed by atoms with Crippen LogP contribution in [0.1, 0.15) is 25.7 Å². The van der Waals surface area contributed by atoms with E-state index in [-0.39, 0.29) is 12.2 Å². The number of nitrogens with zero attached hydrogens (tertiary/aromatic N) is 1. The molecule has 1 amide bonds. The maximum Gasteiger partial charge on any atom is 0.411 e. The Morgan fingerprint density at radius 1 is 1.07 bits per heavy atom. The maximum atomic E-state index is 12.6. The fourth-order valence-corrected chi connectivity index (χ4v) is 4.87. The maximum absolute atomic E-state index is 12.6. The van der Waals surface area contributed by atoms with Gasteiger partial charge in [-0.25, -0.2) is 4.79 Å². The number of anilines is 1. The number of piperidine rings is 1. The predicted octanol–water partition coefficient (Wildman–Crippen LogP) is 5.33. The van der Waals surface area contributed by atoms with E-state index in [1.807, 2.05) is 42.5 Å². The van der Waals surface area contributed by atoms with E-state index in [1.165, 1.54) is 12.8 Å². The Hall–Kier alpha value is -2.04. The number of amides is 1. The summed E-state index contributed by atoms with van der Waals surface area (Å²) in [6, 6.07) is 16.6. The Balaban J connectivity index is 1.47. The Labute approximate surface area is 165 Å². The molecule has 2 saturated heterocycles. The van der Waals surface area contributed by atoms with Crippen molar-refractivity contribution in [2.45, 2.75) is 43.9 Å². The highest BCUT2D eigenvalue weighted by molar-refractivity contribution is 6.31. The van der Waals surface area contributed by atoms with E-state index in [1.54, 1.807) is 6.07 Å². The van der Waals surface area contributed by atoms with Crippen molar-refractivity contribution in [2.75, 3.05) is 19.4 Å². The zero-order chi connectivity index (χ0) is 19.0. The van der Waals surface area contributed by atoms with Gasteiger partial charge in [-0.15, -0.1) is 0 Å². The van der Waals surface area contributed by atoms with Crippen molar-refractivity contribution in [1.82, 2.24) is 0 Å². The van der Waals surface area contributed by atoms with Crippen LogP contribution in [0.5, 0.6) is 0 Å². The van der Waals surface area contributed by atoms with E-state index in [9.17, 15) is 4.79 Å². The lowest BCUT2D eigenvalue weighted by atomic mass is 9.98. The number of rotatable bonds is 3. The van der Waals surface area contributed by atoms with Gasteiger partial charge in [0.25, 0.3) is 0 Å². The molecule has 2 aliphatic heterocycles. The molecule has 4 rings (SSSR count). The van der Waals surface area contributed by atoms with Crippen molar-refractivity contribution in [3.8, 4) is 11.1 Å². The predicted molar refractivity (Wildman–Crippen MR) is 109 cm³/mol. The minimum atomic E-state index is -0.383. The largest absolute Gasteiger partial charge is 0.445 e. The van der Waals surface area contributed by atoms with Gasteiger partial charge in [-0.1, -0.05) is 41.9 Å². The van der Waals surface area contributed by atoms with Crippen LogP contribution in [0.3, 0.4) is 0 Å². The van der Waals surface area contributed by atoms with Crippen molar-refractivity contribution in [2.24, 2.45) is 0 Å². The summed E-state index contributed by atoms with van der Waals surface area (Å²) < 4.78 is 6.86. The summed E-state index contributed by atoms with van der Waals surface area (Å²) >= 11 is 6.18. The lowest BCUT2D eigenvalue weighted by Gasteiger charge is -2.43. The minimum absolute atomic E-state index is 0.00104. The van der Waals surface area contributed by atoms with Gasteiger partial charge in [0.05, 0.1) is 31.9 Å². The Kier molecular flexibility index (Phi) is 4.87. The summed E-state index contributed by atoms with van der Waals surface area (Å²) in [5, 5.41) is 3.57. The van der Waals surface area contributed by atoms with Crippen LogP contribution in [0.2, 0.25) is 5.02 Å². The zero-order valence-electron chi connectivity index (χ0n) is 15.8. The average Bonchev–Trinajstić information content (AvgIpc) is 2.81. The van der Waals surface area contributed by atoms with E-state index in [2.05, 4.69) is 19.4 Å². The Morgan fingerprint density at radius 2 is 1.74 bits per heavy atom. The number of benzene rings is 2. The summed E-state index contributed by atoms with van der Waals surface area (Å²) in [5.41, 5.74) is 2.61. The van der Waals surface area contributed by atoms with E-state index < -0.39 is 0 Å². The van der Waals surface area contributed by atoms with Gasteiger partial charge in [0.15, 0.2) is 0 Å². The topological polar surface area (TPSA) is 38.3 Å². The smallest absolute Gasteiger partial charge is 0.411 e. The molecule has 0 aromatic heterocycles. The zero-order valence-corrected chi connectivity index (χ0v) is 16.6. The molecule has 4 nitrogen and oxygen atoms in total. The molecule has 0 saturated carbocycles. The highest BCUT2D eigenvalue weighted by Gasteiger charge is 2.49. The van der Waals surface area contributed by atoms with Crippen molar-refractivity contribution in [3.05, 3.63) is 53.6 Å². The molecule has 5 heteroatoms. The van der Waals surface area contributed by atoms with Gasteiger partial charge in [-0.05, 0) is 23.8 Å². The van der Waals surface area contributed by atoms with E-state index >= 15 is 0 Å². The molecule has 1 N–H and O–H groups in total. The van der Waals surface area contributed by atoms with Crippen molar-refractivity contribution in [3.63, 3.8) is 0 Å². The normalized spacial score (nSPS) is 25.8. The van der Waals surface area contributed by atoms with Gasteiger partial charge in [0, 0.05) is 36.3 Å². The van der Waals surface area contributed by atoms with Crippen LogP contribution in [0.4, 0.5) is 10.5 Å². The van der Waals surface area contributed by atoms with Gasteiger partial charge in [-0.2, -0.15) is 0 Å². The number of carbonyl (C=O) groups excluding carboxylic acids is 1. The highest BCUT2D eigenvalue weighted by atomic mass is 35.5. The molecule has 2 bridgehead atoms. The van der Waals surface area contributed by atoms with Gasteiger partial charge in [0.2, 0.25) is 0 Å². The standard InChI is InChI=1S/C22H25ClN2O2/c1-25(2)17-9-10-18(25)14-19(13-17)27-22(26)24-21-11-8-16(23)12-20(21)15-6-4-3-5-7-15/h3-8,11-12,17-19H,9-10,13-14H2,1-2H3/p+1/t17-,18+,19?. The molecular weight excluding hydrogens is 360 g/mol. The number of carbonyl (C=O) groups is 1. The first-order valence-electron chi connectivity index (χ1n) is 9.59. The lowest BCUT2D eigenvalue weighted by Crippen LogP contribution is -2.56. The lowest BCUT2D eigenvalue weighted by molar-refractivity contribution is -0.931. The summed E-state index contributed by atoms with van der Waals surface area (Å²) in [6.07, 6.45) is 3.97. The number of hydrogen-bond acceptors (Lipinski definition) is 2. The third-order valence-electron chi connectivity index (χ3n) is 6.36. The van der Waals surface area contributed by atoms with Crippen molar-refractivity contribution < 1.29 is 14.0 Å². The van der Waals surface area contributed by atoms with Gasteiger partial charge < -0.3 is 9.22 Å². The van der Waals surface area contributed by atoms with Crippen LogP contribution in [0.25, 0.3) is 11.1 Å². The second-order valence-electron chi connectivity index (χ2n) is 8.19. The molecule has 2 fully saturated rings. The molecule has 0 aliphatic carbocycles. The quantitative estimate of drug-likeness (QED) is 0.725. The SMILES string of the molecule is C[N+]1(C)[C@@H]2CC[C@H]1CC(OC(=O)Nc1ccc(Cl)cc1-c1ccccc1)C2. The molecule has 2 aromatic carbocycles. The van der Waals surface area contributed by atoms with E-state index in [0.717, 1.165) is 28.5 Å². The first-order valence-corrected chi connectivity index (χ1v) is 9.97. The summed E-state index contributed by atoms with van der Waals surface area (Å²) in [5.74, 6) is 0. The van der Waals surface area contributed by atoms with E-state index in [4.69, 9.17) is 16.3 Å². The summed E-state index contributed by atoms with van der Waals surface area (Å²) in [4.78, 5) is 12.6. The van der Waals surface area contributed by atoms with E-state index in [0.29, 0.717) is 22.8 Å². The number of ether oxygens (including phenoxy) is 1. The monoisotopic (exact) mass is 385 g/mol. The third-order valence-corrected chi connectivity index (χ3v) is 6.60. The molecule has 27 heavy (non-hydrogen) atoms. The highest BCUT2D eigenvalue weighted by Crippen LogP contribution is 2.40. The minimum Gasteiger partial charge on any atom is -0.445 e. The van der Waals surface area contributed by atoms with Crippen LogP contribution in [0, 0.1) is 0 Å². The fraction of sp³-hybridized carbons (Fsp3) is 0.409. The summed E-state index contributed by atoms with van der Waals surface area (Å²) in [7, 11) is 4.61. The second kappa shape index (κ2) is 7.17. The fourth-order valence-electron chi connectivity index (χ4n) is 4.70. The number of fused-ring (bicyclic) bond motifs is 2. The molecule has 3 atom stereocenters. The van der Waals surface area contributed by atoms with Crippen LogP contribution >= 0.6 is 11.6 Å². The summed E-state index contributed by atoms with van der Waals surface area (Å²) in [6.45, 7) is 0. The Morgan fingerprint density at radius 3 is 2.41 bits per heavy atom. The van der Waals surface area contributed by atoms with Crippen LogP contribution in [-0.4, -0.2) is 42.9 Å². The number of quaternary nitrogens is 1. The molecule has 142 valence electrons. The Bertz CT molecular complexity index is 821. The molecular formula is C22H26ClN2O2+. The molecule has 0 radical (unpaired) electrons. The van der Waals surface area contributed by atoms with Crippen LogP contribution < -0.4 is 5.32 Å². The first-order chi connectivity index (χ1) is 12.9. The van der Waals surface area contributed by atoms with Crippen LogP contribution in [0.15, 0.2) is 48.5 Å². The molecule has 2 aliphatic rings. The van der Waals surface area contributed by atoms with Gasteiger partial charge in [0.1, 0.15) is 6.10 Å². The van der Waals surface area contributed by atoms with Crippen molar-refractivity contribution in [1.29, 1.82) is 0 Å². The number of nitrogens with one attached hydrogen (secondary N) is 1. The second-order valence-corrected chi connectivity index (χ2v) is 8.63. The molecule has 0 spiro atoms. The van der Waals surface area contributed by atoms with Crippen molar-refractivity contribution >= 4 is 23.4 Å². The first kappa shape index (κ1) is 18.3.